The van der Waals surface area contributed by atoms with Gasteiger partial charge in [0.15, 0.2) is 0 Å². The number of hydrogen-bond donors (Lipinski definition) is 0. The van der Waals surface area contributed by atoms with Gasteiger partial charge in [0.25, 0.3) is 0 Å². The maximum atomic E-state index is 6.32. The Morgan fingerprint density at radius 3 is 2.06 bits per heavy atom. The standard InChI is InChI=1S/C14H20BrCl/c1-8(2)11(5)14(15)12-6-9(3)10(4)7-13(12)16/h6-8,11,14H,1-5H3. The van der Waals surface area contributed by atoms with Gasteiger partial charge in [-0.15, -0.1) is 0 Å². The average molecular weight is 304 g/mol. The smallest absolute Gasteiger partial charge is 0.0452 e. The van der Waals surface area contributed by atoms with Gasteiger partial charge in [-0.2, -0.15) is 0 Å². The highest BCUT2D eigenvalue weighted by atomic mass is 79.9. The van der Waals surface area contributed by atoms with E-state index < -0.39 is 0 Å². The maximum absolute atomic E-state index is 6.32. The van der Waals surface area contributed by atoms with E-state index in [1.807, 2.05) is 0 Å². The first kappa shape index (κ1) is 14.1. The quantitative estimate of drug-likeness (QED) is 0.630. The fourth-order valence-corrected chi connectivity index (χ4v) is 3.09. The summed E-state index contributed by atoms with van der Waals surface area (Å²) in [5.41, 5.74) is 3.77. The molecule has 0 saturated carbocycles. The van der Waals surface area contributed by atoms with Crippen molar-refractivity contribution in [2.45, 2.75) is 39.4 Å². The first-order valence-corrected chi connectivity index (χ1v) is 7.04. The minimum absolute atomic E-state index is 0.333. The molecule has 16 heavy (non-hydrogen) atoms. The average Bonchev–Trinajstić information content (AvgIpc) is 2.21. The number of aryl methyl sites for hydroxylation is 2. The van der Waals surface area contributed by atoms with Crippen LogP contribution in [0.4, 0.5) is 0 Å². The minimum atomic E-state index is 0.333. The van der Waals surface area contributed by atoms with Crippen molar-refractivity contribution in [3.63, 3.8) is 0 Å². The third-order valence-corrected chi connectivity index (χ3v) is 5.08. The zero-order valence-electron chi connectivity index (χ0n) is 10.6. The van der Waals surface area contributed by atoms with Gasteiger partial charge < -0.3 is 0 Å². The number of alkyl halides is 1. The van der Waals surface area contributed by atoms with E-state index in [0.717, 1.165) is 5.02 Å². The Bertz CT molecular complexity index is 371. The van der Waals surface area contributed by atoms with Crippen LogP contribution in [-0.2, 0) is 0 Å². The van der Waals surface area contributed by atoms with Gasteiger partial charge in [0.2, 0.25) is 0 Å². The van der Waals surface area contributed by atoms with Gasteiger partial charge in [-0.1, -0.05) is 54.4 Å². The van der Waals surface area contributed by atoms with Gasteiger partial charge in [0, 0.05) is 9.85 Å². The summed E-state index contributed by atoms with van der Waals surface area (Å²) in [6.45, 7) is 11.0. The number of halogens is 2. The van der Waals surface area contributed by atoms with Gasteiger partial charge in [-0.3, -0.25) is 0 Å². The molecule has 0 aromatic heterocycles. The summed E-state index contributed by atoms with van der Waals surface area (Å²) >= 11 is 10.1. The highest BCUT2D eigenvalue weighted by Gasteiger charge is 2.21. The van der Waals surface area contributed by atoms with Crippen LogP contribution in [0.3, 0.4) is 0 Å². The molecule has 0 nitrogen and oxygen atoms in total. The van der Waals surface area contributed by atoms with Crippen LogP contribution < -0.4 is 0 Å². The first-order valence-electron chi connectivity index (χ1n) is 5.75. The van der Waals surface area contributed by atoms with Crippen molar-refractivity contribution in [2.24, 2.45) is 11.8 Å². The lowest BCUT2D eigenvalue weighted by Crippen LogP contribution is -2.11. The van der Waals surface area contributed by atoms with E-state index in [0.29, 0.717) is 16.7 Å². The van der Waals surface area contributed by atoms with Crippen LogP contribution in [0.15, 0.2) is 12.1 Å². The lowest BCUT2D eigenvalue weighted by Gasteiger charge is -2.23. The normalized spacial score (nSPS) is 15.2. The molecule has 0 spiro atoms. The molecule has 0 fully saturated rings. The van der Waals surface area contributed by atoms with Crippen LogP contribution in [-0.4, -0.2) is 0 Å². The lowest BCUT2D eigenvalue weighted by molar-refractivity contribution is 0.414. The largest absolute Gasteiger partial charge is 0.0840 e. The second kappa shape index (κ2) is 5.55. The van der Waals surface area contributed by atoms with Gasteiger partial charge >= 0.3 is 0 Å². The topological polar surface area (TPSA) is 0 Å². The molecule has 0 heterocycles. The molecule has 0 amide bonds. The van der Waals surface area contributed by atoms with Crippen molar-refractivity contribution in [3.8, 4) is 0 Å². The van der Waals surface area contributed by atoms with Crippen LogP contribution in [0, 0.1) is 25.7 Å². The van der Waals surface area contributed by atoms with Gasteiger partial charge in [-0.05, 0) is 48.4 Å². The van der Waals surface area contributed by atoms with E-state index in [2.05, 4.69) is 62.7 Å². The molecule has 2 heteroatoms. The molecule has 1 aromatic carbocycles. The van der Waals surface area contributed by atoms with Gasteiger partial charge in [0.05, 0.1) is 0 Å². The Hall–Kier alpha value is -0.0100. The molecular formula is C14H20BrCl. The molecule has 2 atom stereocenters. The summed E-state index contributed by atoms with van der Waals surface area (Å²) in [6.07, 6.45) is 0. The zero-order chi connectivity index (χ0) is 12.5. The molecule has 0 radical (unpaired) electrons. The highest BCUT2D eigenvalue weighted by molar-refractivity contribution is 9.09. The van der Waals surface area contributed by atoms with Crippen molar-refractivity contribution >= 4 is 27.5 Å². The van der Waals surface area contributed by atoms with E-state index in [9.17, 15) is 0 Å². The van der Waals surface area contributed by atoms with E-state index in [4.69, 9.17) is 11.6 Å². The van der Waals surface area contributed by atoms with E-state index in [-0.39, 0.29) is 0 Å². The molecular weight excluding hydrogens is 284 g/mol. The number of benzene rings is 1. The second-order valence-corrected chi connectivity index (χ2v) is 6.36. The van der Waals surface area contributed by atoms with Crippen molar-refractivity contribution in [2.75, 3.05) is 0 Å². The molecule has 90 valence electrons. The summed E-state index contributed by atoms with van der Waals surface area (Å²) < 4.78 is 0. The third-order valence-electron chi connectivity index (χ3n) is 3.42. The predicted octanol–water partition coefficient (Wildman–Crippen LogP) is 5.68. The Balaban J connectivity index is 3.08. The Morgan fingerprint density at radius 1 is 1.06 bits per heavy atom. The molecule has 0 aliphatic heterocycles. The molecule has 0 N–H and O–H groups in total. The van der Waals surface area contributed by atoms with Gasteiger partial charge in [-0.25, -0.2) is 0 Å². The Morgan fingerprint density at radius 2 is 1.56 bits per heavy atom. The lowest BCUT2D eigenvalue weighted by atomic mass is 9.90. The summed E-state index contributed by atoms with van der Waals surface area (Å²) in [7, 11) is 0. The number of rotatable bonds is 3. The van der Waals surface area contributed by atoms with Crippen LogP contribution in [0.25, 0.3) is 0 Å². The molecule has 0 aliphatic carbocycles. The monoisotopic (exact) mass is 302 g/mol. The van der Waals surface area contributed by atoms with E-state index in [1.165, 1.54) is 16.7 Å². The molecule has 1 aromatic rings. The van der Waals surface area contributed by atoms with Crippen molar-refractivity contribution in [1.29, 1.82) is 0 Å². The highest BCUT2D eigenvalue weighted by Crippen LogP contribution is 2.39. The maximum Gasteiger partial charge on any atom is 0.0452 e. The minimum Gasteiger partial charge on any atom is -0.0840 e. The number of hydrogen-bond acceptors (Lipinski definition) is 0. The zero-order valence-corrected chi connectivity index (χ0v) is 13.0. The van der Waals surface area contributed by atoms with Crippen molar-refractivity contribution < 1.29 is 0 Å². The van der Waals surface area contributed by atoms with E-state index in [1.54, 1.807) is 0 Å². The predicted molar refractivity (Wildman–Crippen MR) is 76.6 cm³/mol. The van der Waals surface area contributed by atoms with Crippen molar-refractivity contribution in [3.05, 3.63) is 33.8 Å². The fourth-order valence-electron chi connectivity index (χ4n) is 1.64. The summed E-state index contributed by atoms with van der Waals surface area (Å²) in [5.74, 6) is 1.21. The van der Waals surface area contributed by atoms with E-state index >= 15 is 0 Å². The van der Waals surface area contributed by atoms with Crippen LogP contribution in [0.1, 0.15) is 42.3 Å². The molecule has 1 rings (SSSR count). The molecule has 2 unspecified atom stereocenters. The molecule has 0 bridgehead atoms. The molecule has 0 aliphatic rings. The fraction of sp³-hybridized carbons (Fsp3) is 0.571. The summed E-state index contributed by atoms with van der Waals surface area (Å²) in [4.78, 5) is 0.333. The van der Waals surface area contributed by atoms with Crippen LogP contribution >= 0.6 is 27.5 Å². The third kappa shape index (κ3) is 3.01. The van der Waals surface area contributed by atoms with Crippen molar-refractivity contribution in [1.82, 2.24) is 0 Å². The Labute approximate surface area is 113 Å². The van der Waals surface area contributed by atoms with Crippen LogP contribution in [0.2, 0.25) is 5.02 Å². The van der Waals surface area contributed by atoms with Crippen LogP contribution in [0.5, 0.6) is 0 Å². The summed E-state index contributed by atoms with van der Waals surface area (Å²) in [5, 5.41) is 0.873. The molecule has 0 saturated heterocycles. The SMILES string of the molecule is Cc1cc(Cl)c(C(Br)C(C)C(C)C)cc1C. The van der Waals surface area contributed by atoms with Gasteiger partial charge in [0.1, 0.15) is 0 Å². The first-order chi connectivity index (χ1) is 7.34. The Kier molecular flexibility index (Phi) is 4.88. The second-order valence-electron chi connectivity index (χ2n) is 4.96. The summed E-state index contributed by atoms with van der Waals surface area (Å²) in [6, 6.07) is 4.27.